The van der Waals surface area contributed by atoms with Crippen molar-refractivity contribution in [3.63, 3.8) is 0 Å². The van der Waals surface area contributed by atoms with E-state index in [1.165, 1.54) is 18.9 Å². The van der Waals surface area contributed by atoms with Gasteiger partial charge in [0.15, 0.2) is 0 Å². The lowest BCUT2D eigenvalue weighted by Crippen LogP contribution is -2.42. The van der Waals surface area contributed by atoms with Crippen LogP contribution >= 0.6 is 0 Å². The number of halogens is 1. The van der Waals surface area contributed by atoms with Crippen molar-refractivity contribution in [2.45, 2.75) is 44.1 Å². The van der Waals surface area contributed by atoms with E-state index in [1.54, 1.807) is 6.07 Å². The van der Waals surface area contributed by atoms with Gasteiger partial charge in [0.25, 0.3) is 0 Å². The van der Waals surface area contributed by atoms with Gasteiger partial charge >= 0.3 is 5.97 Å². The van der Waals surface area contributed by atoms with Crippen LogP contribution in [-0.4, -0.2) is 29.1 Å². The van der Waals surface area contributed by atoms with E-state index in [0.717, 1.165) is 19.5 Å². The van der Waals surface area contributed by atoms with Gasteiger partial charge in [0.05, 0.1) is 5.41 Å². The van der Waals surface area contributed by atoms with Gasteiger partial charge in [0.1, 0.15) is 5.82 Å². The molecule has 2 aliphatic rings. The number of carbonyl (C=O) groups is 1. The maximum absolute atomic E-state index is 14.2. The summed E-state index contributed by atoms with van der Waals surface area (Å²) in [6.07, 6.45) is 4.51. The monoisotopic (exact) mass is 277 g/mol. The molecule has 0 spiro atoms. The first kappa shape index (κ1) is 13.6. The summed E-state index contributed by atoms with van der Waals surface area (Å²) in [6, 6.07) is 5.02. The number of benzene rings is 1. The van der Waals surface area contributed by atoms with E-state index in [4.69, 9.17) is 0 Å². The summed E-state index contributed by atoms with van der Waals surface area (Å²) in [6.45, 7) is 2.69. The molecule has 0 aromatic heterocycles. The Labute approximate surface area is 118 Å². The van der Waals surface area contributed by atoms with Crippen LogP contribution in [0.3, 0.4) is 0 Å². The fraction of sp³-hybridized carbons (Fsp3) is 0.562. The van der Waals surface area contributed by atoms with Crippen LogP contribution in [-0.2, 0) is 16.8 Å². The highest BCUT2D eigenvalue weighted by Crippen LogP contribution is 2.44. The van der Waals surface area contributed by atoms with Crippen molar-refractivity contribution in [2.24, 2.45) is 0 Å². The lowest BCUT2D eigenvalue weighted by Gasteiger charge is -2.38. The molecule has 1 aromatic rings. The second-order valence-electron chi connectivity index (χ2n) is 6.03. The normalized spacial score (nSPS) is 21.6. The summed E-state index contributed by atoms with van der Waals surface area (Å²) in [5, 5.41) is 9.40. The third-order valence-corrected chi connectivity index (χ3v) is 4.81. The van der Waals surface area contributed by atoms with Gasteiger partial charge in [-0.3, -0.25) is 9.69 Å². The molecule has 1 saturated carbocycles. The maximum Gasteiger partial charge on any atom is 0.314 e. The zero-order chi connectivity index (χ0) is 14.2. The second-order valence-corrected chi connectivity index (χ2v) is 6.03. The van der Waals surface area contributed by atoms with Crippen LogP contribution in [0.4, 0.5) is 4.39 Å². The minimum Gasteiger partial charge on any atom is -0.481 e. The minimum absolute atomic E-state index is 0.262. The van der Waals surface area contributed by atoms with E-state index in [0.29, 0.717) is 30.5 Å². The minimum atomic E-state index is -0.840. The van der Waals surface area contributed by atoms with Gasteiger partial charge in [-0.05, 0) is 50.4 Å². The van der Waals surface area contributed by atoms with Gasteiger partial charge in [-0.2, -0.15) is 0 Å². The first-order chi connectivity index (χ1) is 9.62. The van der Waals surface area contributed by atoms with Gasteiger partial charge < -0.3 is 5.11 Å². The summed E-state index contributed by atoms with van der Waals surface area (Å²) in [4.78, 5) is 13.7. The van der Waals surface area contributed by atoms with Crippen molar-refractivity contribution in [1.82, 2.24) is 4.90 Å². The molecular weight excluding hydrogens is 257 g/mol. The predicted octanol–water partition coefficient (Wildman–Crippen LogP) is 2.93. The third kappa shape index (κ3) is 2.22. The van der Waals surface area contributed by atoms with Crippen LogP contribution in [0, 0.1) is 5.82 Å². The Kier molecular flexibility index (Phi) is 3.50. The predicted molar refractivity (Wildman–Crippen MR) is 74.1 cm³/mol. The summed E-state index contributed by atoms with van der Waals surface area (Å²) in [5.41, 5.74) is 0.460. The van der Waals surface area contributed by atoms with Crippen molar-refractivity contribution in [3.8, 4) is 0 Å². The maximum atomic E-state index is 14.2. The summed E-state index contributed by atoms with van der Waals surface area (Å²) in [7, 11) is 0. The third-order valence-electron chi connectivity index (χ3n) is 4.81. The van der Waals surface area contributed by atoms with Gasteiger partial charge in [-0.15, -0.1) is 0 Å². The van der Waals surface area contributed by atoms with Crippen LogP contribution in [0.25, 0.3) is 0 Å². The molecule has 1 N–H and O–H groups in total. The van der Waals surface area contributed by atoms with Crippen molar-refractivity contribution < 1.29 is 14.3 Å². The van der Waals surface area contributed by atoms with Crippen molar-refractivity contribution >= 4 is 5.97 Å². The Hall–Kier alpha value is -1.42. The Morgan fingerprint density at radius 3 is 2.45 bits per heavy atom. The van der Waals surface area contributed by atoms with Gasteiger partial charge in [-0.25, -0.2) is 4.39 Å². The standard InChI is InChI=1S/C16H20FNO2/c17-14-10-13(16(15(19)20)6-3-7-16)5-4-12(14)11-18-8-1-2-9-18/h4-5,10H,1-3,6-9,11H2,(H,19,20). The first-order valence-corrected chi connectivity index (χ1v) is 7.36. The highest BCUT2D eigenvalue weighted by atomic mass is 19.1. The Balaban J connectivity index is 1.81. The van der Waals surface area contributed by atoms with E-state index in [1.807, 2.05) is 6.07 Å². The van der Waals surface area contributed by atoms with Crippen LogP contribution in [0.15, 0.2) is 18.2 Å². The second kappa shape index (κ2) is 5.17. The summed E-state index contributed by atoms with van der Waals surface area (Å²) >= 11 is 0. The van der Waals surface area contributed by atoms with E-state index in [9.17, 15) is 14.3 Å². The number of rotatable bonds is 4. The number of carboxylic acids is 1. The number of likely N-dealkylation sites (tertiary alicyclic amines) is 1. The molecular formula is C16H20FNO2. The molecule has 108 valence electrons. The molecule has 0 atom stereocenters. The zero-order valence-corrected chi connectivity index (χ0v) is 11.6. The zero-order valence-electron chi connectivity index (χ0n) is 11.6. The van der Waals surface area contributed by atoms with Crippen LogP contribution in [0.1, 0.15) is 43.2 Å². The van der Waals surface area contributed by atoms with E-state index in [-0.39, 0.29) is 5.82 Å². The largest absolute Gasteiger partial charge is 0.481 e. The summed E-state index contributed by atoms with van der Waals surface area (Å²) < 4.78 is 14.2. The molecule has 4 heteroatoms. The lowest BCUT2D eigenvalue weighted by molar-refractivity contribution is -0.147. The van der Waals surface area contributed by atoms with Gasteiger partial charge in [0, 0.05) is 12.1 Å². The molecule has 3 nitrogen and oxygen atoms in total. The Bertz CT molecular complexity index is 519. The molecule has 1 aliphatic heterocycles. The molecule has 3 rings (SSSR count). The van der Waals surface area contributed by atoms with Crippen molar-refractivity contribution in [3.05, 3.63) is 35.1 Å². The number of carboxylic acid groups (broad SMARTS) is 1. The van der Waals surface area contributed by atoms with Crippen LogP contribution in [0.2, 0.25) is 0 Å². The molecule has 0 unspecified atom stereocenters. The summed E-state index contributed by atoms with van der Waals surface area (Å²) in [5.74, 6) is -1.09. The topological polar surface area (TPSA) is 40.5 Å². The van der Waals surface area contributed by atoms with Crippen molar-refractivity contribution in [1.29, 1.82) is 0 Å². The van der Waals surface area contributed by atoms with E-state index >= 15 is 0 Å². The van der Waals surface area contributed by atoms with E-state index in [2.05, 4.69) is 4.90 Å². The molecule has 1 aromatic carbocycles. The molecule has 20 heavy (non-hydrogen) atoms. The number of hydrogen-bond acceptors (Lipinski definition) is 2. The number of aliphatic carboxylic acids is 1. The molecule has 0 amide bonds. The molecule has 1 heterocycles. The van der Waals surface area contributed by atoms with Crippen molar-refractivity contribution in [2.75, 3.05) is 13.1 Å². The highest BCUT2D eigenvalue weighted by molar-refractivity contribution is 5.82. The Morgan fingerprint density at radius 2 is 1.95 bits per heavy atom. The average Bonchev–Trinajstić information content (AvgIpc) is 2.83. The molecule has 2 fully saturated rings. The molecule has 1 saturated heterocycles. The fourth-order valence-corrected chi connectivity index (χ4v) is 3.31. The number of hydrogen-bond donors (Lipinski definition) is 1. The first-order valence-electron chi connectivity index (χ1n) is 7.36. The van der Waals surface area contributed by atoms with E-state index < -0.39 is 11.4 Å². The Morgan fingerprint density at radius 1 is 1.25 bits per heavy atom. The smallest absolute Gasteiger partial charge is 0.314 e. The number of nitrogens with zero attached hydrogens (tertiary/aromatic N) is 1. The average molecular weight is 277 g/mol. The van der Waals surface area contributed by atoms with Crippen LogP contribution in [0.5, 0.6) is 0 Å². The highest BCUT2D eigenvalue weighted by Gasteiger charge is 2.46. The lowest BCUT2D eigenvalue weighted by atomic mass is 9.64. The molecule has 0 bridgehead atoms. The quantitative estimate of drug-likeness (QED) is 0.920. The SMILES string of the molecule is O=C(O)C1(c2ccc(CN3CCCC3)c(F)c2)CCC1. The fourth-order valence-electron chi connectivity index (χ4n) is 3.31. The van der Waals surface area contributed by atoms with Gasteiger partial charge in [0.2, 0.25) is 0 Å². The molecule has 1 aliphatic carbocycles. The van der Waals surface area contributed by atoms with Crippen LogP contribution < -0.4 is 0 Å². The van der Waals surface area contributed by atoms with Gasteiger partial charge in [-0.1, -0.05) is 18.6 Å². The molecule has 0 radical (unpaired) electrons.